The van der Waals surface area contributed by atoms with Crippen LogP contribution in [0.2, 0.25) is 0 Å². The van der Waals surface area contributed by atoms with Crippen LogP contribution in [0.3, 0.4) is 0 Å². The van der Waals surface area contributed by atoms with Crippen LogP contribution < -0.4 is 0 Å². The first-order valence-corrected chi connectivity index (χ1v) is 12.8. The zero-order valence-electron chi connectivity index (χ0n) is 19.9. The van der Waals surface area contributed by atoms with Gasteiger partial charge in [0.05, 0.1) is 11.1 Å². The molecule has 0 radical (unpaired) electrons. The van der Waals surface area contributed by atoms with Gasteiger partial charge in [-0.2, -0.15) is 0 Å². The average Bonchev–Trinajstić information content (AvgIpc) is 2.83. The summed E-state index contributed by atoms with van der Waals surface area (Å²) >= 11 is 0. The zero-order valence-corrected chi connectivity index (χ0v) is 19.9. The van der Waals surface area contributed by atoms with Gasteiger partial charge in [0.1, 0.15) is 0 Å². The summed E-state index contributed by atoms with van der Waals surface area (Å²) in [6.45, 7) is 3.69. The third-order valence-corrected chi connectivity index (χ3v) is 8.44. The molecule has 4 amide bonds. The molecule has 0 aromatic heterocycles. The summed E-state index contributed by atoms with van der Waals surface area (Å²) in [7, 11) is 0. The molecule has 34 heavy (non-hydrogen) atoms. The van der Waals surface area contributed by atoms with Gasteiger partial charge in [0.15, 0.2) is 0 Å². The number of hydrogen-bond acceptors (Lipinski definition) is 4. The van der Waals surface area contributed by atoms with E-state index in [4.69, 9.17) is 0 Å². The minimum absolute atomic E-state index is 0.0889. The van der Waals surface area contributed by atoms with Crippen LogP contribution in [-0.4, -0.2) is 45.5 Å². The van der Waals surface area contributed by atoms with Crippen molar-refractivity contribution in [1.29, 1.82) is 0 Å². The maximum atomic E-state index is 13.7. The lowest BCUT2D eigenvalue weighted by Crippen LogP contribution is -2.50. The molecule has 6 rings (SSSR count). The van der Waals surface area contributed by atoms with Crippen LogP contribution in [0.15, 0.2) is 12.1 Å². The second-order valence-corrected chi connectivity index (χ2v) is 10.5. The van der Waals surface area contributed by atoms with E-state index < -0.39 is 0 Å². The maximum Gasteiger partial charge on any atom is 0.261 e. The first-order valence-electron chi connectivity index (χ1n) is 12.8. The van der Waals surface area contributed by atoms with E-state index in [1.165, 1.54) is 9.80 Å². The third kappa shape index (κ3) is 2.87. The minimum atomic E-state index is -0.287. The largest absolute Gasteiger partial charge is 0.271 e. The number of aryl methyl sites for hydroxylation is 2. The first kappa shape index (κ1) is 21.5. The highest BCUT2D eigenvalue weighted by Crippen LogP contribution is 2.43. The van der Waals surface area contributed by atoms with Crippen LogP contribution in [0, 0.1) is 13.8 Å². The maximum absolute atomic E-state index is 13.7. The predicted molar refractivity (Wildman–Crippen MR) is 128 cm³/mol. The van der Waals surface area contributed by atoms with Crippen molar-refractivity contribution in [3.8, 4) is 0 Å². The summed E-state index contributed by atoms with van der Waals surface area (Å²) in [6.07, 6.45) is 9.64. The van der Waals surface area contributed by atoms with Crippen molar-refractivity contribution in [3.63, 3.8) is 0 Å². The Morgan fingerprint density at radius 3 is 1.26 bits per heavy atom. The lowest BCUT2D eigenvalue weighted by molar-refractivity contribution is 0.0480. The Kier molecular flexibility index (Phi) is 4.91. The fourth-order valence-corrected chi connectivity index (χ4v) is 6.82. The molecule has 2 saturated carbocycles. The molecule has 2 fully saturated rings. The molecule has 2 aromatic carbocycles. The van der Waals surface area contributed by atoms with Crippen LogP contribution in [-0.2, 0) is 0 Å². The Morgan fingerprint density at radius 1 is 0.559 bits per heavy atom. The van der Waals surface area contributed by atoms with E-state index >= 15 is 0 Å². The molecule has 2 aliphatic carbocycles. The van der Waals surface area contributed by atoms with Gasteiger partial charge in [-0.15, -0.1) is 0 Å². The quantitative estimate of drug-likeness (QED) is 0.571. The van der Waals surface area contributed by atoms with Gasteiger partial charge in [0.25, 0.3) is 23.6 Å². The number of carbonyl (C=O) groups is 4. The number of imide groups is 2. The van der Waals surface area contributed by atoms with Gasteiger partial charge in [-0.05, 0) is 62.8 Å². The van der Waals surface area contributed by atoms with Crippen molar-refractivity contribution in [2.24, 2.45) is 0 Å². The van der Waals surface area contributed by atoms with E-state index in [0.717, 1.165) is 64.2 Å². The second-order valence-electron chi connectivity index (χ2n) is 10.5. The van der Waals surface area contributed by atoms with Gasteiger partial charge in [-0.3, -0.25) is 29.0 Å². The summed E-state index contributed by atoms with van der Waals surface area (Å²) in [5.74, 6) is -1.13. The molecule has 2 aliphatic heterocycles. The summed E-state index contributed by atoms with van der Waals surface area (Å²) < 4.78 is 0. The smallest absolute Gasteiger partial charge is 0.261 e. The Hall–Kier alpha value is -3.02. The van der Waals surface area contributed by atoms with Gasteiger partial charge in [-0.25, -0.2) is 0 Å². The van der Waals surface area contributed by atoms with Crippen LogP contribution in [0.4, 0.5) is 0 Å². The number of carbonyl (C=O) groups excluding carboxylic acids is 4. The van der Waals surface area contributed by atoms with Crippen LogP contribution >= 0.6 is 0 Å². The van der Waals surface area contributed by atoms with Crippen molar-refractivity contribution in [3.05, 3.63) is 45.5 Å². The van der Waals surface area contributed by atoms with E-state index in [1.807, 2.05) is 13.8 Å². The van der Waals surface area contributed by atoms with Gasteiger partial charge in [0, 0.05) is 34.0 Å². The number of benzene rings is 2. The van der Waals surface area contributed by atoms with Gasteiger partial charge < -0.3 is 0 Å². The molecular formula is C28H30N2O4. The van der Waals surface area contributed by atoms with Crippen LogP contribution in [0.1, 0.15) is 117 Å². The van der Waals surface area contributed by atoms with Crippen molar-refractivity contribution < 1.29 is 19.2 Å². The molecule has 2 heterocycles. The predicted octanol–water partition coefficient (Wildman–Crippen LogP) is 5.31. The molecule has 0 spiro atoms. The standard InChI is InChI=1S/C28H30N2O4/c1-15-13-19-24-22(28(34)30(25(19)31)18-11-7-4-8-12-18)16(2)14-20-23(24)21(15)27(33)29(26(20)32)17-9-5-3-6-10-17/h13-14,17-18H,3-12H2,1-2H3. The van der Waals surface area contributed by atoms with E-state index in [1.54, 1.807) is 12.1 Å². The number of nitrogens with zero attached hydrogens (tertiary/aromatic N) is 2. The molecule has 6 heteroatoms. The lowest BCUT2D eigenvalue weighted by Gasteiger charge is -2.39. The number of rotatable bonds is 2. The number of amides is 4. The zero-order chi connectivity index (χ0) is 23.7. The van der Waals surface area contributed by atoms with Crippen molar-refractivity contribution in [2.45, 2.75) is 90.1 Å². The van der Waals surface area contributed by atoms with Crippen LogP contribution in [0.25, 0.3) is 10.8 Å². The Balaban J connectivity index is 1.57. The summed E-state index contributed by atoms with van der Waals surface area (Å²) in [5.41, 5.74) is 3.26. The fraction of sp³-hybridized carbons (Fsp3) is 0.500. The molecule has 0 saturated heterocycles. The lowest BCUT2D eigenvalue weighted by atomic mass is 9.80. The molecule has 0 bridgehead atoms. The monoisotopic (exact) mass is 458 g/mol. The topological polar surface area (TPSA) is 74.8 Å². The number of hydrogen-bond donors (Lipinski definition) is 0. The van der Waals surface area contributed by atoms with Crippen molar-refractivity contribution in [1.82, 2.24) is 9.80 Å². The first-order chi connectivity index (χ1) is 16.4. The third-order valence-electron chi connectivity index (χ3n) is 8.44. The Labute approximate surface area is 199 Å². The highest BCUT2D eigenvalue weighted by atomic mass is 16.2. The van der Waals surface area contributed by atoms with E-state index in [2.05, 4.69) is 0 Å². The highest BCUT2D eigenvalue weighted by molar-refractivity contribution is 6.34. The molecule has 176 valence electrons. The second kappa shape index (κ2) is 7.76. The van der Waals surface area contributed by atoms with E-state index in [0.29, 0.717) is 44.2 Å². The summed E-state index contributed by atoms with van der Waals surface area (Å²) in [5, 5.41) is 1.00. The van der Waals surface area contributed by atoms with Crippen molar-refractivity contribution >= 4 is 34.4 Å². The Morgan fingerprint density at radius 2 is 0.912 bits per heavy atom. The summed E-state index contributed by atoms with van der Waals surface area (Å²) in [6, 6.07) is 3.38. The normalized spacial score (nSPS) is 21.7. The minimum Gasteiger partial charge on any atom is -0.271 e. The van der Waals surface area contributed by atoms with Gasteiger partial charge in [0.2, 0.25) is 0 Å². The molecule has 6 nitrogen and oxygen atoms in total. The molecular weight excluding hydrogens is 428 g/mol. The highest BCUT2D eigenvalue weighted by Gasteiger charge is 2.44. The fourth-order valence-electron chi connectivity index (χ4n) is 6.82. The molecule has 2 aromatic rings. The molecule has 0 N–H and O–H groups in total. The Bertz CT molecular complexity index is 1180. The van der Waals surface area contributed by atoms with Crippen molar-refractivity contribution in [2.75, 3.05) is 0 Å². The molecule has 0 unspecified atom stereocenters. The van der Waals surface area contributed by atoms with E-state index in [-0.39, 0.29) is 35.7 Å². The van der Waals surface area contributed by atoms with E-state index in [9.17, 15) is 19.2 Å². The molecule has 4 aliphatic rings. The van der Waals surface area contributed by atoms with Crippen LogP contribution in [0.5, 0.6) is 0 Å². The average molecular weight is 459 g/mol. The van der Waals surface area contributed by atoms with Gasteiger partial charge >= 0.3 is 0 Å². The molecule has 0 atom stereocenters. The summed E-state index contributed by atoms with van der Waals surface area (Å²) in [4.78, 5) is 57.8. The SMILES string of the molecule is Cc1cc2c3c(c(C)cc4c3c1C(=O)N(C1CCCCC1)C4=O)C(=O)N(C1CCCCC1)C2=O. The van der Waals surface area contributed by atoms with Gasteiger partial charge in [-0.1, -0.05) is 38.5 Å².